The molecule has 1 aromatic carbocycles. The van der Waals surface area contributed by atoms with Crippen molar-refractivity contribution in [1.29, 1.82) is 0 Å². The van der Waals surface area contributed by atoms with Crippen LogP contribution in [0, 0.1) is 12.8 Å². The van der Waals surface area contributed by atoms with E-state index in [0.717, 1.165) is 30.2 Å². The summed E-state index contributed by atoms with van der Waals surface area (Å²) in [5, 5.41) is 17.6. The van der Waals surface area contributed by atoms with Crippen LogP contribution in [0.2, 0.25) is 0 Å². The van der Waals surface area contributed by atoms with Gasteiger partial charge in [0.1, 0.15) is 0 Å². The number of piperidine rings is 1. The van der Waals surface area contributed by atoms with Gasteiger partial charge in [0.15, 0.2) is 5.82 Å². The molecule has 0 aliphatic carbocycles. The van der Waals surface area contributed by atoms with Crippen LogP contribution in [0.1, 0.15) is 18.4 Å². The Hall–Kier alpha value is -2.43. The van der Waals surface area contributed by atoms with Crippen molar-refractivity contribution in [2.24, 2.45) is 5.92 Å². The number of nitrogens with zero attached hydrogens (tertiary/aromatic N) is 3. The second-order valence-electron chi connectivity index (χ2n) is 5.74. The quantitative estimate of drug-likeness (QED) is 0.943. The van der Waals surface area contributed by atoms with Crippen molar-refractivity contribution < 1.29 is 9.90 Å². The Balaban J connectivity index is 1.70. The van der Waals surface area contributed by atoms with Gasteiger partial charge in [-0.3, -0.25) is 4.79 Å². The zero-order valence-corrected chi connectivity index (χ0v) is 12.6. The molecule has 0 bridgehead atoms. The number of benzene rings is 1. The van der Waals surface area contributed by atoms with E-state index in [9.17, 15) is 4.79 Å². The SMILES string of the molecule is Cc1ccc(-c2ccc(N3CCC(C(=O)O)CC3)nn2)cc1. The van der Waals surface area contributed by atoms with Gasteiger partial charge in [0, 0.05) is 18.7 Å². The summed E-state index contributed by atoms with van der Waals surface area (Å²) in [4.78, 5) is 13.1. The molecule has 0 unspecified atom stereocenters. The van der Waals surface area contributed by atoms with Gasteiger partial charge >= 0.3 is 5.97 Å². The zero-order valence-electron chi connectivity index (χ0n) is 12.6. The fourth-order valence-corrected chi connectivity index (χ4v) is 2.73. The number of rotatable bonds is 3. The Labute approximate surface area is 129 Å². The lowest BCUT2D eigenvalue weighted by Crippen LogP contribution is -2.36. The molecule has 2 aromatic rings. The number of aliphatic carboxylic acids is 1. The number of anilines is 1. The van der Waals surface area contributed by atoms with E-state index >= 15 is 0 Å². The summed E-state index contributed by atoms with van der Waals surface area (Å²) in [5.74, 6) is -0.101. The maximum absolute atomic E-state index is 11.0. The number of hydrogen-bond donors (Lipinski definition) is 1. The van der Waals surface area contributed by atoms with Crippen molar-refractivity contribution in [3.05, 3.63) is 42.0 Å². The van der Waals surface area contributed by atoms with E-state index in [2.05, 4.69) is 34.2 Å². The molecule has 0 amide bonds. The summed E-state index contributed by atoms with van der Waals surface area (Å²) in [7, 11) is 0. The van der Waals surface area contributed by atoms with Crippen LogP contribution in [0.3, 0.4) is 0 Å². The van der Waals surface area contributed by atoms with E-state index in [4.69, 9.17) is 5.11 Å². The van der Waals surface area contributed by atoms with E-state index in [-0.39, 0.29) is 5.92 Å². The van der Waals surface area contributed by atoms with Gasteiger partial charge in [-0.1, -0.05) is 29.8 Å². The average molecular weight is 297 g/mol. The first-order valence-electron chi connectivity index (χ1n) is 7.52. The van der Waals surface area contributed by atoms with Crippen LogP contribution in [-0.2, 0) is 4.79 Å². The minimum atomic E-state index is -0.694. The number of carbonyl (C=O) groups is 1. The molecule has 1 aromatic heterocycles. The summed E-state index contributed by atoms with van der Waals surface area (Å²) in [5.41, 5.74) is 3.12. The monoisotopic (exact) mass is 297 g/mol. The molecule has 1 saturated heterocycles. The van der Waals surface area contributed by atoms with Crippen LogP contribution in [0.4, 0.5) is 5.82 Å². The molecule has 5 nitrogen and oxygen atoms in total. The van der Waals surface area contributed by atoms with E-state index < -0.39 is 5.97 Å². The van der Waals surface area contributed by atoms with E-state index in [1.807, 2.05) is 24.3 Å². The first-order valence-corrected chi connectivity index (χ1v) is 7.52. The van der Waals surface area contributed by atoms with Crippen LogP contribution in [-0.4, -0.2) is 34.4 Å². The van der Waals surface area contributed by atoms with Crippen LogP contribution < -0.4 is 4.90 Å². The van der Waals surface area contributed by atoms with Crippen molar-refractivity contribution in [3.63, 3.8) is 0 Å². The molecular formula is C17H19N3O2. The largest absolute Gasteiger partial charge is 0.481 e. The van der Waals surface area contributed by atoms with Crippen molar-refractivity contribution in [3.8, 4) is 11.3 Å². The third-order valence-electron chi connectivity index (χ3n) is 4.17. The van der Waals surface area contributed by atoms with E-state index in [0.29, 0.717) is 12.8 Å². The summed E-state index contributed by atoms with van der Waals surface area (Å²) in [6, 6.07) is 12.1. The average Bonchev–Trinajstić information content (AvgIpc) is 2.56. The van der Waals surface area contributed by atoms with E-state index in [1.165, 1.54) is 5.56 Å². The molecule has 5 heteroatoms. The van der Waals surface area contributed by atoms with Crippen molar-refractivity contribution in [2.75, 3.05) is 18.0 Å². The lowest BCUT2D eigenvalue weighted by molar-refractivity contribution is -0.142. The molecule has 1 fully saturated rings. The summed E-state index contributed by atoms with van der Waals surface area (Å²) >= 11 is 0. The lowest BCUT2D eigenvalue weighted by Gasteiger charge is -2.30. The molecule has 1 N–H and O–H groups in total. The summed E-state index contributed by atoms with van der Waals surface area (Å²) in [6.07, 6.45) is 1.33. The van der Waals surface area contributed by atoms with Gasteiger partial charge in [-0.15, -0.1) is 10.2 Å². The maximum Gasteiger partial charge on any atom is 0.306 e. The van der Waals surface area contributed by atoms with Gasteiger partial charge in [0.25, 0.3) is 0 Å². The maximum atomic E-state index is 11.0. The molecule has 3 rings (SSSR count). The second kappa shape index (κ2) is 6.13. The highest BCUT2D eigenvalue weighted by Crippen LogP contribution is 2.23. The molecule has 0 radical (unpaired) electrons. The van der Waals surface area contributed by atoms with Gasteiger partial charge < -0.3 is 10.0 Å². The second-order valence-corrected chi connectivity index (χ2v) is 5.74. The Bertz CT molecular complexity index is 645. The molecule has 1 aliphatic rings. The predicted molar refractivity (Wildman–Crippen MR) is 84.8 cm³/mol. The number of hydrogen-bond acceptors (Lipinski definition) is 4. The van der Waals surface area contributed by atoms with Gasteiger partial charge in [-0.05, 0) is 31.9 Å². The Kier molecular flexibility index (Phi) is 4.04. The molecule has 114 valence electrons. The van der Waals surface area contributed by atoms with Gasteiger partial charge in [0.2, 0.25) is 0 Å². The number of aryl methyl sites for hydroxylation is 1. The highest BCUT2D eigenvalue weighted by atomic mass is 16.4. The number of aromatic nitrogens is 2. The predicted octanol–water partition coefficient (Wildman–Crippen LogP) is 2.75. The Morgan fingerprint density at radius 2 is 1.77 bits per heavy atom. The van der Waals surface area contributed by atoms with Gasteiger partial charge in [0.05, 0.1) is 11.6 Å². The minimum absolute atomic E-state index is 0.226. The van der Waals surface area contributed by atoms with Crippen LogP contribution in [0.25, 0.3) is 11.3 Å². The smallest absolute Gasteiger partial charge is 0.306 e. The summed E-state index contributed by atoms with van der Waals surface area (Å²) < 4.78 is 0. The molecule has 22 heavy (non-hydrogen) atoms. The fourth-order valence-electron chi connectivity index (χ4n) is 2.73. The van der Waals surface area contributed by atoms with Crippen LogP contribution in [0.15, 0.2) is 36.4 Å². The Morgan fingerprint density at radius 3 is 2.32 bits per heavy atom. The highest BCUT2D eigenvalue weighted by Gasteiger charge is 2.25. The van der Waals surface area contributed by atoms with Crippen LogP contribution in [0.5, 0.6) is 0 Å². The van der Waals surface area contributed by atoms with Gasteiger partial charge in [-0.2, -0.15) is 0 Å². The Morgan fingerprint density at radius 1 is 1.09 bits per heavy atom. The molecule has 0 saturated carbocycles. The molecular weight excluding hydrogens is 278 g/mol. The molecule has 2 heterocycles. The first-order chi connectivity index (χ1) is 10.6. The summed E-state index contributed by atoms with van der Waals surface area (Å²) in [6.45, 7) is 3.49. The fraction of sp³-hybridized carbons (Fsp3) is 0.353. The van der Waals surface area contributed by atoms with E-state index in [1.54, 1.807) is 0 Å². The van der Waals surface area contributed by atoms with Crippen molar-refractivity contribution in [1.82, 2.24) is 10.2 Å². The third kappa shape index (κ3) is 3.08. The van der Waals surface area contributed by atoms with Crippen molar-refractivity contribution in [2.45, 2.75) is 19.8 Å². The highest BCUT2D eigenvalue weighted by molar-refractivity contribution is 5.70. The van der Waals surface area contributed by atoms with Crippen molar-refractivity contribution >= 4 is 11.8 Å². The third-order valence-corrected chi connectivity index (χ3v) is 4.17. The molecule has 0 atom stereocenters. The standard InChI is InChI=1S/C17H19N3O2/c1-12-2-4-13(5-3-12)15-6-7-16(19-18-15)20-10-8-14(9-11-20)17(21)22/h2-7,14H,8-11H2,1H3,(H,21,22). The number of carboxylic acids is 1. The zero-order chi connectivity index (χ0) is 15.5. The molecule has 1 aliphatic heterocycles. The number of carboxylic acid groups (broad SMARTS) is 1. The lowest BCUT2D eigenvalue weighted by atomic mass is 9.97. The first kappa shape index (κ1) is 14.5. The normalized spacial score (nSPS) is 15.8. The topological polar surface area (TPSA) is 66.3 Å². The minimum Gasteiger partial charge on any atom is -0.481 e. The molecule has 0 spiro atoms. The van der Waals surface area contributed by atoms with Gasteiger partial charge in [-0.25, -0.2) is 0 Å². The van der Waals surface area contributed by atoms with Crippen LogP contribution >= 0.6 is 0 Å².